The van der Waals surface area contributed by atoms with Crippen LogP contribution in [0.5, 0.6) is 0 Å². The van der Waals surface area contributed by atoms with Crippen molar-refractivity contribution in [1.29, 1.82) is 0 Å². The largest absolute Gasteiger partial charge is 0.462 e. The fourth-order valence-electron chi connectivity index (χ4n) is 2.54. The van der Waals surface area contributed by atoms with Gasteiger partial charge in [-0.2, -0.15) is 0 Å². The Morgan fingerprint density at radius 2 is 1.94 bits per heavy atom. The molecule has 2 rings (SSSR count). The topological polar surface area (TPSA) is 45.4 Å². The van der Waals surface area contributed by atoms with E-state index in [0.29, 0.717) is 5.76 Å². The third-order valence-corrected chi connectivity index (χ3v) is 3.74. The molecule has 0 aromatic carbocycles. The van der Waals surface area contributed by atoms with Crippen LogP contribution in [-0.2, 0) is 13.2 Å². The SMILES string of the molecule is CC1CCC(CNCc2ccc(CO)o2)CC1. The number of aliphatic hydroxyl groups is 1. The van der Waals surface area contributed by atoms with E-state index < -0.39 is 0 Å². The van der Waals surface area contributed by atoms with Crippen molar-refractivity contribution in [2.24, 2.45) is 11.8 Å². The highest BCUT2D eigenvalue weighted by Gasteiger charge is 2.17. The van der Waals surface area contributed by atoms with Crippen LogP contribution in [-0.4, -0.2) is 11.7 Å². The summed E-state index contributed by atoms with van der Waals surface area (Å²) in [5, 5.41) is 12.3. The minimum absolute atomic E-state index is 0.0134. The summed E-state index contributed by atoms with van der Waals surface area (Å²) in [5.74, 6) is 3.31. The van der Waals surface area contributed by atoms with Crippen molar-refractivity contribution in [2.45, 2.75) is 45.8 Å². The minimum atomic E-state index is -0.0134. The van der Waals surface area contributed by atoms with E-state index in [2.05, 4.69) is 12.2 Å². The van der Waals surface area contributed by atoms with Gasteiger partial charge in [0.1, 0.15) is 18.1 Å². The van der Waals surface area contributed by atoms with Crippen LogP contribution < -0.4 is 5.32 Å². The van der Waals surface area contributed by atoms with E-state index in [-0.39, 0.29) is 6.61 Å². The molecule has 0 atom stereocenters. The molecule has 96 valence electrons. The van der Waals surface area contributed by atoms with Crippen LogP contribution in [0.1, 0.15) is 44.1 Å². The van der Waals surface area contributed by atoms with Crippen LogP contribution in [0.15, 0.2) is 16.5 Å². The zero-order chi connectivity index (χ0) is 12.1. The Hall–Kier alpha value is -0.800. The summed E-state index contributed by atoms with van der Waals surface area (Å²) in [7, 11) is 0. The molecule has 17 heavy (non-hydrogen) atoms. The molecule has 1 heterocycles. The number of furan rings is 1. The zero-order valence-corrected chi connectivity index (χ0v) is 10.6. The quantitative estimate of drug-likeness (QED) is 0.827. The van der Waals surface area contributed by atoms with Crippen LogP contribution in [0.2, 0.25) is 0 Å². The van der Waals surface area contributed by atoms with E-state index in [1.165, 1.54) is 25.7 Å². The number of aliphatic hydroxyl groups excluding tert-OH is 1. The molecule has 0 spiro atoms. The second-order valence-electron chi connectivity index (χ2n) is 5.28. The molecule has 1 aliphatic rings. The van der Waals surface area contributed by atoms with Crippen molar-refractivity contribution in [1.82, 2.24) is 5.32 Å². The second kappa shape index (κ2) is 6.22. The van der Waals surface area contributed by atoms with E-state index in [9.17, 15) is 0 Å². The molecule has 3 nitrogen and oxygen atoms in total. The van der Waals surface area contributed by atoms with Crippen molar-refractivity contribution in [3.8, 4) is 0 Å². The van der Waals surface area contributed by atoms with Gasteiger partial charge >= 0.3 is 0 Å². The lowest BCUT2D eigenvalue weighted by Gasteiger charge is -2.26. The van der Waals surface area contributed by atoms with Gasteiger partial charge in [-0.3, -0.25) is 0 Å². The Labute approximate surface area is 103 Å². The first-order valence-corrected chi connectivity index (χ1v) is 6.67. The van der Waals surface area contributed by atoms with E-state index in [1.807, 2.05) is 12.1 Å². The standard InChI is InChI=1S/C14H23NO2/c1-11-2-4-12(5-3-11)8-15-9-13-6-7-14(10-16)17-13/h6-7,11-12,15-16H,2-5,8-10H2,1H3. The van der Waals surface area contributed by atoms with Crippen LogP contribution in [0, 0.1) is 11.8 Å². The molecule has 2 N–H and O–H groups in total. The Morgan fingerprint density at radius 1 is 1.24 bits per heavy atom. The predicted molar refractivity (Wildman–Crippen MR) is 67.5 cm³/mol. The third-order valence-electron chi connectivity index (χ3n) is 3.74. The molecular weight excluding hydrogens is 214 g/mol. The summed E-state index contributed by atoms with van der Waals surface area (Å²) in [6.45, 7) is 4.19. The summed E-state index contributed by atoms with van der Waals surface area (Å²) in [6, 6.07) is 3.76. The van der Waals surface area contributed by atoms with Crippen molar-refractivity contribution in [3.63, 3.8) is 0 Å². The molecule has 0 unspecified atom stereocenters. The monoisotopic (exact) mass is 237 g/mol. The van der Waals surface area contributed by atoms with Gasteiger partial charge in [0.2, 0.25) is 0 Å². The Kier molecular flexibility index (Phi) is 4.63. The highest BCUT2D eigenvalue weighted by molar-refractivity contribution is 5.06. The zero-order valence-electron chi connectivity index (χ0n) is 10.6. The van der Waals surface area contributed by atoms with Gasteiger partial charge in [-0.25, -0.2) is 0 Å². The summed E-state index contributed by atoms with van der Waals surface area (Å²) >= 11 is 0. The van der Waals surface area contributed by atoms with Gasteiger partial charge in [-0.1, -0.05) is 19.8 Å². The average molecular weight is 237 g/mol. The predicted octanol–water partition coefficient (Wildman–Crippen LogP) is 2.69. The van der Waals surface area contributed by atoms with Crippen LogP contribution in [0.4, 0.5) is 0 Å². The Bertz CT molecular complexity index is 327. The minimum Gasteiger partial charge on any atom is -0.462 e. The number of hydrogen-bond donors (Lipinski definition) is 2. The molecule has 1 aliphatic carbocycles. The number of nitrogens with one attached hydrogen (secondary N) is 1. The summed E-state index contributed by atoms with van der Waals surface area (Å²) < 4.78 is 5.43. The summed E-state index contributed by atoms with van der Waals surface area (Å²) in [4.78, 5) is 0. The Morgan fingerprint density at radius 3 is 2.59 bits per heavy atom. The molecule has 0 aliphatic heterocycles. The molecule has 1 aromatic heterocycles. The fourth-order valence-corrected chi connectivity index (χ4v) is 2.54. The fraction of sp³-hybridized carbons (Fsp3) is 0.714. The van der Waals surface area contributed by atoms with E-state index >= 15 is 0 Å². The second-order valence-corrected chi connectivity index (χ2v) is 5.28. The summed E-state index contributed by atoms with van der Waals surface area (Å²) in [5.41, 5.74) is 0. The number of hydrogen-bond acceptors (Lipinski definition) is 3. The maximum Gasteiger partial charge on any atom is 0.129 e. The maximum absolute atomic E-state index is 8.89. The molecule has 3 heteroatoms. The first kappa shape index (κ1) is 12.7. The first-order valence-electron chi connectivity index (χ1n) is 6.67. The molecular formula is C14H23NO2. The maximum atomic E-state index is 8.89. The summed E-state index contributed by atoms with van der Waals surface area (Å²) in [6.07, 6.45) is 5.46. The highest BCUT2D eigenvalue weighted by atomic mass is 16.4. The molecule has 1 saturated carbocycles. The lowest BCUT2D eigenvalue weighted by Crippen LogP contribution is -2.25. The normalized spacial score (nSPS) is 25.1. The van der Waals surface area contributed by atoms with Gasteiger partial charge < -0.3 is 14.8 Å². The van der Waals surface area contributed by atoms with Crippen LogP contribution in [0.25, 0.3) is 0 Å². The van der Waals surface area contributed by atoms with E-state index in [1.54, 1.807) is 0 Å². The Balaban J connectivity index is 1.65. The lowest BCUT2D eigenvalue weighted by atomic mass is 9.83. The van der Waals surface area contributed by atoms with Gasteiger partial charge in [-0.05, 0) is 43.4 Å². The van der Waals surface area contributed by atoms with Crippen molar-refractivity contribution in [2.75, 3.05) is 6.54 Å². The third kappa shape index (κ3) is 3.86. The molecule has 1 fully saturated rings. The molecule has 0 radical (unpaired) electrons. The van der Waals surface area contributed by atoms with Gasteiger partial charge in [0.25, 0.3) is 0 Å². The molecule has 0 amide bonds. The lowest BCUT2D eigenvalue weighted by molar-refractivity contribution is 0.241. The number of rotatable bonds is 5. The van der Waals surface area contributed by atoms with Crippen molar-refractivity contribution >= 4 is 0 Å². The molecule has 0 saturated heterocycles. The highest BCUT2D eigenvalue weighted by Crippen LogP contribution is 2.27. The van der Waals surface area contributed by atoms with Crippen LogP contribution >= 0.6 is 0 Å². The first-order chi connectivity index (χ1) is 8.28. The van der Waals surface area contributed by atoms with Crippen LogP contribution in [0.3, 0.4) is 0 Å². The van der Waals surface area contributed by atoms with Gasteiger partial charge in [0.15, 0.2) is 0 Å². The van der Waals surface area contributed by atoms with Crippen molar-refractivity contribution in [3.05, 3.63) is 23.7 Å². The molecule has 0 bridgehead atoms. The van der Waals surface area contributed by atoms with Gasteiger partial charge in [-0.15, -0.1) is 0 Å². The smallest absolute Gasteiger partial charge is 0.129 e. The van der Waals surface area contributed by atoms with E-state index in [4.69, 9.17) is 9.52 Å². The van der Waals surface area contributed by atoms with Gasteiger partial charge in [0, 0.05) is 0 Å². The van der Waals surface area contributed by atoms with Crippen molar-refractivity contribution < 1.29 is 9.52 Å². The van der Waals surface area contributed by atoms with Gasteiger partial charge in [0.05, 0.1) is 6.54 Å². The average Bonchev–Trinajstić information content (AvgIpc) is 2.80. The molecule has 1 aromatic rings. The van der Waals surface area contributed by atoms with E-state index in [0.717, 1.165) is 30.7 Å².